The van der Waals surface area contributed by atoms with Crippen molar-refractivity contribution in [2.75, 3.05) is 0 Å². The number of aromatic nitrogens is 1. The maximum absolute atomic E-state index is 13.4. The summed E-state index contributed by atoms with van der Waals surface area (Å²) in [5.41, 5.74) is 2.81. The molecular formula is C25H33F2N. The summed E-state index contributed by atoms with van der Waals surface area (Å²) in [6.07, 6.45) is 16.3. The molecule has 0 saturated heterocycles. The maximum Gasteiger partial charge on any atom is 0.248 e. The minimum atomic E-state index is -1.05. The number of halogens is 2. The molecule has 1 heterocycles. The first kappa shape index (κ1) is 21.0. The first-order valence-electron chi connectivity index (χ1n) is 11.1. The van der Waals surface area contributed by atoms with Gasteiger partial charge in [0.1, 0.15) is 0 Å². The molecule has 1 aliphatic carbocycles. The van der Waals surface area contributed by atoms with Crippen molar-refractivity contribution in [2.45, 2.75) is 77.6 Å². The Balaban J connectivity index is 1.41. The summed E-state index contributed by atoms with van der Waals surface area (Å²) < 4.78 is 26.4. The number of hydrogen-bond donors (Lipinski definition) is 0. The molecule has 28 heavy (non-hydrogen) atoms. The van der Waals surface area contributed by atoms with Crippen LogP contribution in [0.25, 0.3) is 11.1 Å². The number of pyridine rings is 1. The highest BCUT2D eigenvalue weighted by Gasteiger charge is 2.20. The smallest absolute Gasteiger partial charge is 0.225 e. The van der Waals surface area contributed by atoms with Crippen molar-refractivity contribution >= 4 is 0 Å². The number of benzene rings is 1. The first-order valence-corrected chi connectivity index (χ1v) is 11.1. The van der Waals surface area contributed by atoms with E-state index in [1.165, 1.54) is 82.0 Å². The van der Waals surface area contributed by atoms with E-state index >= 15 is 0 Å². The number of aryl methyl sites for hydroxylation is 1. The van der Waals surface area contributed by atoms with Gasteiger partial charge in [-0.1, -0.05) is 89.0 Å². The third-order valence-corrected chi connectivity index (χ3v) is 6.36. The van der Waals surface area contributed by atoms with Crippen LogP contribution in [0, 0.1) is 23.6 Å². The quantitative estimate of drug-likeness (QED) is 0.318. The van der Waals surface area contributed by atoms with Crippen molar-refractivity contribution in [1.29, 1.82) is 0 Å². The van der Waals surface area contributed by atoms with Crippen LogP contribution in [0.5, 0.6) is 0 Å². The second-order valence-corrected chi connectivity index (χ2v) is 8.47. The lowest BCUT2D eigenvalue weighted by molar-refractivity contribution is 0.249. The molecule has 3 heteroatoms. The molecule has 1 aromatic heterocycles. The normalized spacial score (nSPS) is 19.7. The summed E-state index contributed by atoms with van der Waals surface area (Å²) in [6.45, 7) is 2.28. The van der Waals surface area contributed by atoms with Crippen molar-refractivity contribution in [3.63, 3.8) is 0 Å². The van der Waals surface area contributed by atoms with Gasteiger partial charge >= 0.3 is 0 Å². The van der Waals surface area contributed by atoms with Gasteiger partial charge in [-0.25, -0.2) is 9.37 Å². The molecule has 0 bridgehead atoms. The van der Waals surface area contributed by atoms with E-state index in [0.29, 0.717) is 5.56 Å². The zero-order chi connectivity index (χ0) is 19.8. The summed E-state index contributed by atoms with van der Waals surface area (Å²) in [4.78, 5) is 3.47. The molecule has 3 rings (SSSR count). The van der Waals surface area contributed by atoms with Crippen LogP contribution in [-0.4, -0.2) is 4.98 Å². The van der Waals surface area contributed by atoms with Crippen LogP contribution in [0.15, 0.2) is 36.5 Å². The lowest BCUT2D eigenvalue weighted by Crippen LogP contribution is -2.15. The third-order valence-electron chi connectivity index (χ3n) is 6.36. The maximum atomic E-state index is 13.4. The molecule has 0 N–H and O–H groups in total. The predicted molar refractivity (Wildman–Crippen MR) is 112 cm³/mol. The Morgan fingerprint density at radius 2 is 1.54 bits per heavy atom. The van der Waals surface area contributed by atoms with Gasteiger partial charge in [0.2, 0.25) is 5.95 Å². The van der Waals surface area contributed by atoms with Crippen LogP contribution >= 0.6 is 0 Å². The van der Waals surface area contributed by atoms with Gasteiger partial charge in [0.15, 0.2) is 5.82 Å². The van der Waals surface area contributed by atoms with E-state index in [2.05, 4.69) is 24.0 Å². The third kappa shape index (κ3) is 6.12. The van der Waals surface area contributed by atoms with Crippen molar-refractivity contribution in [3.05, 3.63) is 53.9 Å². The second-order valence-electron chi connectivity index (χ2n) is 8.47. The van der Waals surface area contributed by atoms with Crippen LogP contribution in [0.2, 0.25) is 0 Å². The number of hydrogen-bond acceptors (Lipinski definition) is 1. The fourth-order valence-corrected chi connectivity index (χ4v) is 4.48. The first-order chi connectivity index (χ1) is 13.7. The van der Waals surface area contributed by atoms with E-state index in [1.807, 2.05) is 12.1 Å². The molecule has 2 aromatic rings. The minimum absolute atomic E-state index is 0.614. The van der Waals surface area contributed by atoms with Crippen LogP contribution in [0.4, 0.5) is 8.78 Å². The topological polar surface area (TPSA) is 12.9 Å². The fraction of sp³-hybridized carbons (Fsp3) is 0.560. The van der Waals surface area contributed by atoms with Gasteiger partial charge in [-0.2, -0.15) is 4.39 Å². The lowest BCUT2D eigenvalue weighted by Gasteiger charge is -2.28. The number of rotatable bonds is 9. The molecule has 0 aliphatic heterocycles. The molecule has 152 valence electrons. The molecule has 0 amide bonds. The molecule has 0 spiro atoms. The molecule has 0 atom stereocenters. The van der Waals surface area contributed by atoms with Gasteiger partial charge in [-0.3, -0.25) is 0 Å². The van der Waals surface area contributed by atoms with Crippen LogP contribution in [0.1, 0.15) is 76.7 Å². The van der Waals surface area contributed by atoms with E-state index in [0.717, 1.165) is 23.8 Å². The van der Waals surface area contributed by atoms with Crippen LogP contribution < -0.4 is 0 Å². The van der Waals surface area contributed by atoms with Crippen molar-refractivity contribution in [3.8, 4) is 11.1 Å². The highest BCUT2D eigenvalue weighted by Crippen LogP contribution is 2.34. The van der Waals surface area contributed by atoms with Crippen molar-refractivity contribution in [2.24, 2.45) is 11.8 Å². The Kier molecular flexibility index (Phi) is 8.00. The average molecular weight is 386 g/mol. The largest absolute Gasteiger partial charge is 0.248 e. The average Bonchev–Trinajstić information content (AvgIpc) is 2.73. The van der Waals surface area contributed by atoms with E-state index in [9.17, 15) is 8.78 Å². The van der Waals surface area contributed by atoms with Crippen molar-refractivity contribution < 1.29 is 8.78 Å². The van der Waals surface area contributed by atoms with Crippen LogP contribution in [-0.2, 0) is 6.42 Å². The zero-order valence-corrected chi connectivity index (χ0v) is 17.1. The predicted octanol–water partition coefficient (Wildman–Crippen LogP) is 7.74. The van der Waals surface area contributed by atoms with Gasteiger partial charge < -0.3 is 0 Å². The molecule has 1 fully saturated rings. The molecule has 1 aromatic carbocycles. The van der Waals surface area contributed by atoms with E-state index < -0.39 is 11.8 Å². The SMILES string of the molecule is CCCCCCC1CCC(CCc2ccc(-c3cnc(F)c(F)c3)cc2)CC1. The Bertz CT molecular complexity index is 718. The Labute approximate surface area is 168 Å². The molecular weight excluding hydrogens is 352 g/mol. The minimum Gasteiger partial charge on any atom is -0.225 e. The molecule has 1 nitrogen and oxygen atoms in total. The highest BCUT2D eigenvalue weighted by molar-refractivity contribution is 5.62. The highest BCUT2D eigenvalue weighted by atomic mass is 19.2. The zero-order valence-electron chi connectivity index (χ0n) is 17.1. The van der Waals surface area contributed by atoms with Crippen LogP contribution in [0.3, 0.4) is 0 Å². The number of unbranched alkanes of at least 4 members (excludes halogenated alkanes) is 3. The summed E-state index contributed by atoms with van der Waals surface area (Å²) in [7, 11) is 0. The van der Waals surface area contributed by atoms with Gasteiger partial charge in [0.25, 0.3) is 0 Å². The Morgan fingerprint density at radius 3 is 2.18 bits per heavy atom. The summed E-state index contributed by atoms with van der Waals surface area (Å²) in [5.74, 6) is -0.113. The lowest BCUT2D eigenvalue weighted by atomic mass is 9.77. The van der Waals surface area contributed by atoms with Gasteiger partial charge in [0.05, 0.1) is 0 Å². The number of nitrogens with zero attached hydrogens (tertiary/aromatic N) is 1. The Hall–Kier alpha value is -1.77. The van der Waals surface area contributed by atoms with Crippen molar-refractivity contribution in [1.82, 2.24) is 4.98 Å². The van der Waals surface area contributed by atoms with E-state index in [1.54, 1.807) is 0 Å². The standard InChI is InChI=1S/C25H33F2N/c1-2-3-4-5-6-19-7-9-20(10-8-19)11-12-21-13-15-22(16-14-21)23-17-24(26)25(27)28-18-23/h13-20H,2-12H2,1H3. The van der Waals surface area contributed by atoms with Gasteiger partial charge in [0, 0.05) is 11.8 Å². The second kappa shape index (κ2) is 10.7. The van der Waals surface area contributed by atoms with E-state index in [-0.39, 0.29) is 0 Å². The monoisotopic (exact) mass is 385 g/mol. The summed E-state index contributed by atoms with van der Waals surface area (Å²) >= 11 is 0. The molecule has 0 unspecified atom stereocenters. The fourth-order valence-electron chi connectivity index (χ4n) is 4.48. The van der Waals surface area contributed by atoms with Gasteiger partial charge in [-0.05, 0) is 41.9 Å². The summed E-state index contributed by atoms with van der Waals surface area (Å²) in [5, 5.41) is 0. The van der Waals surface area contributed by atoms with Gasteiger partial charge in [-0.15, -0.1) is 0 Å². The molecule has 0 radical (unpaired) electrons. The van der Waals surface area contributed by atoms with E-state index in [4.69, 9.17) is 0 Å². The molecule has 1 aliphatic rings. The summed E-state index contributed by atoms with van der Waals surface area (Å²) in [6, 6.07) is 9.39. The Morgan fingerprint density at radius 1 is 0.857 bits per heavy atom. The molecule has 1 saturated carbocycles.